The number of ether oxygens (including phenoxy) is 1. The fourth-order valence-corrected chi connectivity index (χ4v) is 3.34. The van der Waals surface area contributed by atoms with Crippen LogP contribution in [0, 0.1) is 0 Å². The molecule has 1 aromatic rings. The van der Waals surface area contributed by atoms with E-state index >= 15 is 0 Å². The van der Waals surface area contributed by atoms with Gasteiger partial charge in [-0.1, -0.05) is 19.1 Å². The Morgan fingerprint density at radius 1 is 1.44 bits per heavy atom. The standard InChI is InChI=1S/C13H18O2S/c1-3-15-12-6-4-11(5-7-12)13(14)8-10(2)16-9-13/h4-7,10,14H,3,8-9H2,1-2H3. The number of thioether (sulfide) groups is 1. The summed E-state index contributed by atoms with van der Waals surface area (Å²) in [5.41, 5.74) is 0.363. The van der Waals surface area contributed by atoms with Crippen molar-refractivity contribution in [2.24, 2.45) is 0 Å². The Hall–Kier alpha value is -0.670. The summed E-state index contributed by atoms with van der Waals surface area (Å²) >= 11 is 1.83. The smallest absolute Gasteiger partial charge is 0.119 e. The predicted octanol–water partition coefficient (Wildman–Crippen LogP) is 2.80. The maximum atomic E-state index is 10.5. The molecule has 0 spiro atoms. The summed E-state index contributed by atoms with van der Waals surface area (Å²) in [6.07, 6.45) is 0.839. The Labute approximate surface area is 101 Å². The minimum Gasteiger partial charge on any atom is -0.494 e. The number of hydrogen-bond acceptors (Lipinski definition) is 3. The lowest BCUT2D eigenvalue weighted by molar-refractivity contribution is 0.0612. The first kappa shape index (κ1) is 11.8. The highest BCUT2D eigenvalue weighted by molar-refractivity contribution is 8.00. The molecule has 1 heterocycles. The highest BCUT2D eigenvalue weighted by atomic mass is 32.2. The van der Waals surface area contributed by atoms with Crippen molar-refractivity contribution in [3.63, 3.8) is 0 Å². The second kappa shape index (κ2) is 4.68. The van der Waals surface area contributed by atoms with Gasteiger partial charge in [-0.15, -0.1) is 0 Å². The summed E-state index contributed by atoms with van der Waals surface area (Å²) in [6, 6.07) is 7.82. The quantitative estimate of drug-likeness (QED) is 0.878. The Bertz CT molecular complexity index is 349. The van der Waals surface area contributed by atoms with E-state index in [1.54, 1.807) is 0 Å². The molecule has 1 aromatic carbocycles. The van der Waals surface area contributed by atoms with Crippen molar-refractivity contribution in [2.75, 3.05) is 12.4 Å². The Balaban J connectivity index is 2.15. The van der Waals surface area contributed by atoms with E-state index in [-0.39, 0.29) is 0 Å². The lowest BCUT2D eigenvalue weighted by Crippen LogP contribution is -2.25. The Morgan fingerprint density at radius 3 is 2.62 bits per heavy atom. The van der Waals surface area contributed by atoms with Crippen LogP contribution in [0.4, 0.5) is 0 Å². The average Bonchev–Trinajstić information content (AvgIpc) is 2.61. The largest absolute Gasteiger partial charge is 0.494 e. The van der Waals surface area contributed by atoms with Crippen LogP contribution >= 0.6 is 11.8 Å². The SMILES string of the molecule is CCOc1ccc(C2(O)CSC(C)C2)cc1. The van der Waals surface area contributed by atoms with Crippen LogP contribution < -0.4 is 4.74 Å². The summed E-state index contributed by atoms with van der Waals surface area (Å²) in [4.78, 5) is 0. The normalized spacial score (nSPS) is 29.3. The van der Waals surface area contributed by atoms with E-state index in [0.29, 0.717) is 11.9 Å². The third-order valence-corrected chi connectivity index (χ3v) is 4.31. The number of hydrogen-bond donors (Lipinski definition) is 1. The second-order valence-corrected chi connectivity index (χ2v) is 5.74. The highest BCUT2D eigenvalue weighted by Crippen LogP contribution is 2.41. The molecule has 2 unspecified atom stereocenters. The molecule has 1 saturated heterocycles. The molecule has 2 atom stereocenters. The van der Waals surface area contributed by atoms with Crippen molar-refractivity contribution >= 4 is 11.8 Å². The van der Waals surface area contributed by atoms with E-state index < -0.39 is 5.60 Å². The van der Waals surface area contributed by atoms with Crippen molar-refractivity contribution < 1.29 is 9.84 Å². The van der Waals surface area contributed by atoms with Crippen LogP contribution in [-0.2, 0) is 5.60 Å². The van der Waals surface area contributed by atoms with E-state index in [4.69, 9.17) is 4.74 Å². The molecule has 2 rings (SSSR count). The molecule has 0 aromatic heterocycles. The van der Waals surface area contributed by atoms with E-state index in [1.165, 1.54) is 0 Å². The van der Waals surface area contributed by atoms with Gasteiger partial charge in [0.15, 0.2) is 0 Å². The van der Waals surface area contributed by atoms with E-state index in [9.17, 15) is 5.11 Å². The lowest BCUT2D eigenvalue weighted by atomic mass is 9.91. The Morgan fingerprint density at radius 2 is 2.12 bits per heavy atom. The fourth-order valence-electron chi connectivity index (χ4n) is 2.10. The first-order valence-electron chi connectivity index (χ1n) is 5.71. The molecule has 0 amide bonds. The van der Waals surface area contributed by atoms with Gasteiger partial charge in [-0.25, -0.2) is 0 Å². The van der Waals surface area contributed by atoms with Crippen LogP contribution in [0.3, 0.4) is 0 Å². The van der Waals surface area contributed by atoms with Gasteiger partial charge in [0.25, 0.3) is 0 Å². The van der Waals surface area contributed by atoms with Gasteiger partial charge in [0, 0.05) is 11.0 Å². The predicted molar refractivity (Wildman–Crippen MR) is 68.0 cm³/mol. The summed E-state index contributed by atoms with van der Waals surface area (Å²) in [5.74, 6) is 1.66. The molecule has 1 fully saturated rings. The van der Waals surface area contributed by atoms with Gasteiger partial charge in [0.05, 0.1) is 12.2 Å². The molecule has 0 saturated carbocycles. The third kappa shape index (κ3) is 2.36. The maximum absolute atomic E-state index is 10.5. The zero-order valence-electron chi connectivity index (χ0n) is 9.77. The molecule has 16 heavy (non-hydrogen) atoms. The van der Waals surface area contributed by atoms with Crippen LogP contribution in [0.2, 0.25) is 0 Å². The van der Waals surface area contributed by atoms with Gasteiger partial charge >= 0.3 is 0 Å². The van der Waals surface area contributed by atoms with Crippen LogP contribution in [0.15, 0.2) is 24.3 Å². The number of aliphatic hydroxyl groups is 1. The van der Waals surface area contributed by atoms with Gasteiger partial charge in [-0.3, -0.25) is 0 Å². The summed E-state index contributed by atoms with van der Waals surface area (Å²) < 4.78 is 5.39. The minimum absolute atomic E-state index is 0.538. The van der Waals surface area contributed by atoms with Crippen LogP contribution in [-0.4, -0.2) is 22.7 Å². The third-order valence-electron chi connectivity index (χ3n) is 2.93. The topological polar surface area (TPSA) is 29.5 Å². The molecule has 0 bridgehead atoms. The molecule has 3 heteroatoms. The van der Waals surface area contributed by atoms with E-state index in [2.05, 4.69) is 6.92 Å². The molecular formula is C13H18O2S. The van der Waals surface area contributed by atoms with Crippen LogP contribution in [0.25, 0.3) is 0 Å². The number of benzene rings is 1. The molecule has 0 radical (unpaired) electrons. The highest BCUT2D eigenvalue weighted by Gasteiger charge is 2.37. The van der Waals surface area contributed by atoms with E-state index in [1.807, 2.05) is 43.0 Å². The van der Waals surface area contributed by atoms with E-state index in [0.717, 1.165) is 23.5 Å². The fraction of sp³-hybridized carbons (Fsp3) is 0.538. The summed E-state index contributed by atoms with van der Waals surface area (Å²) in [5, 5.41) is 11.0. The molecule has 88 valence electrons. The van der Waals surface area contributed by atoms with Crippen molar-refractivity contribution in [2.45, 2.75) is 31.1 Å². The second-order valence-electron chi connectivity index (χ2n) is 4.31. The van der Waals surface area contributed by atoms with Crippen LogP contribution in [0.1, 0.15) is 25.8 Å². The monoisotopic (exact) mass is 238 g/mol. The minimum atomic E-state index is -0.644. The van der Waals surface area contributed by atoms with Gasteiger partial charge < -0.3 is 9.84 Å². The molecule has 0 aliphatic carbocycles. The van der Waals surface area contributed by atoms with Gasteiger partial charge in [0.1, 0.15) is 5.75 Å². The zero-order chi connectivity index (χ0) is 11.6. The number of rotatable bonds is 3. The Kier molecular flexibility index (Phi) is 3.45. The summed E-state index contributed by atoms with van der Waals surface area (Å²) in [7, 11) is 0. The lowest BCUT2D eigenvalue weighted by Gasteiger charge is -2.22. The van der Waals surface area contributed by atoms with Crippen molar-refractivity contribution in [3.8, 4) is 5.75 Å². The maximum Gasteiger partial charge on any atom is 0.119 e. The average molecular weight is 238 g/mol. The molecular weight excluding hydrogens is 220 g/mol. The summed E-state index contributed by atoms with van der Waals surface area (Å²) in [6.45, 7) is 4.81. The van der Waals surface area contributed by atoms with Crippen molar-refractivity contribution in [1.29, 1.82) is 0 Å². The molecule has 1 N–H and O–H groups in total. The van der Waals surface area contributed by atoms with Gasteiger partial charge in [-0.05, 0) is 31.0 Å². The first-order valence-corrected chi connectivity index (χ1v) is 6.76. The molecule has 1 aliphatic heterocycles. The van der Waals surface area contributed by atoms with Gasteiger partial charge in [-0.2, -0.15) is 11.8 Å². The molecule has 2 nitrogen and oxygen atoms in total. The molecule has 1 aliphatic rings. The van der Waals surface area contributed by atoms with Gasteiger partial charge in [0.2, 0.25) is 0 Å². The first-order chi connectivity index (χ1) is 7.64. The zero-order valence-corrected chi connectivity index (χ0v) is 10.6. The van der Waals surface area contributed by atoms with Crippen molar-refractivity contribution in [1.82, 2.24) is 0 Å². The van der Waals surface area contributed by atoms with Crippen molar-refractivity contribution in [3.05, 3.63) is 29.8 Å². The van der Waals surface area contributed by atoms with Crippen LogP contribution in [0.5, 0.6) is 5.75 Å².